The Morgan fingerprint density at radius 1 is 1.05 bits per heavy atom. The van der Waals surface area contributed by atoms with Crippen LogP contribution in [0, 0.1) is 5.92 Å². The molecule has 1 saturated heterocycles. The lowest BCUT2D eigenvalue weighted by Crippen LogP contribution is -2.65. The van der Waals surface area contributed by atoms with Crippen LogP contribution in [0.1, 0.15) is 20.8 Å². The molecule has 19 heavy (non-hydrogen) atoms. The normalized spacial score (nSPS) is 22.3. The van der Waals surface area contributed by atoms with Crippen LogP contribution >= 0.6 is 0 Å². The van der Waals surface area contributed by atoms with Gasteiger partial charge in [-0.05, 0) is 20.8 Å². The molecule has 0 aromatic rings. The maximum Gasteiger partial charge on any atom is 0.411 e. The largest absolute Gasteiger partial charge is 0.469 e. The molecule has 1 fully saturated rings. The first-order valence-electron chi connectivity index (χ1n) is 5.86. The minimum Gasteiger partial charge on any atom is -0.469 e. The van der Waals surface area contributed by atoms with Crippen molar-refractivity contribution < 1.29 is 28.6 Å². The fourth-order valence-electron chi connectivity index (χ4n) is 1.78. The summed E-state index contributed by atoms with van der Waals surface area (Å²) in [7, 11) is 2.43. The summed E-state index contributed by atoms with van der Waals surface area (Å²) in [5, 5.41) is 0. The van der Waals surface area contributed by atoms with Crippen molar-refractivity contribution in [1.29, 1.82) is 0 Å². The molecule has 1 aliphatic heterocycles. The lowest BCUT2D eigenvalue weighted by atomic mass is 9.89. The third-order valence-electron chi connectivity index (χ3n) is 2.68. The van der Waals surface area contributed by atoms with E-state index in [4.69, 9.17) is 4.74 Å². The molecule has 0 spiro atoms. The van der Waals surface area contributed by atoms with E-state index in [9.17, 15) is 14.4 Å². The van der Waals surface area contributed by atoms with E-state index < -0.39 is 35.6 Å². The standard InChI is InChI=1S/C12H19NO6/c1-12(2,3)19-11(16)13-6-7(9(14)17-4)8(13)10(15)18-5/h7-8H,6H2,1-5H3/t7-,8+/m0/s1. The maximum atomic E-state index is 11.9. The molecule has 0 aromatic heterocycles. The number of carbonyl (C=O) groups excluding carboxylic acids is 3. The zero-order valence-electron chi connectivity index (χ0n) is 11.8. The third kappa shape index (κ3) is 3.36. The molecule has 7 heteroatoms. The van der Waals surface area contributed by atoms with Crippen molar-refractivity contribution in [3.8, 4) is 0 Å². The number of likely N-dealkylation sites (tertiary alicyclic amines) is 1. The second-order valence-corrected chi connectivity index (χ2v) is 5.23. The molecule has 0 aliphatic carbocycles. The van der Waals surface area contributed by atoms with Crippen molar-refractivity contribution in [3.05, 3.63) is 0 Å². The van der Waals surface area contributed by atoms with Crippen LogP contribution in [0.4, 0.5) is 4.79 Å². The van der Waals surface area contributed by atoms with Gasteiger partial charge in [-0.2, -0.15) is 0 Å². The molecule has 0 saturated carbocycles. The first kappa shape index (κ1) is 15.3. The first-order valence-corrected chi connectivity index (χ1v) is 5.86. The Bertz CT molecular complexity index is 386. The monoisotopic (exact) mass is 273 g/mol. The Morgan fingerprint density at radius 2 is 1.58 bits per heavy atom. The molecular formula is C12H19NO6. The second-order valence-electron chi connectivity index (χ2n) is 5.23. The van der Waals surface area contributed by atoms with Gasteiger partial charge in [0.05, 0.1) is 14.2 Å². The summed E-state index contributed by atoms with van der Waals surface area (Å²) in [4.78, 5) is 36.1. The zero-order chi connectivity index (χ0) is 14.8. The van der Waals surface area contributed by atoms with E-state index in [0.717, 1.165) is 0 Å². The van der Waals surface area contributed by atoms with Crippen molar-refractivity contribution in [2.45, 2.75) is 32.4 Å². The molecule has 0 radical (unpaired) electrons. The van der Waals surface area contributed by atoms with Crippen LogP contribution in [0.15, 0.2) is 0 Å². The number of rotatable bonds is 2. The van der Waals surface area contributed by atoms with E-state index in [0.29, 0.717) is 0 Å². The first-order chi connectivity index (χ1) is 8.71. The fraction of sp³-hybridized carbons (Fsp3) is 0.750. The average molecular weight is 273 g/mol. The smallest absolute Gasteiger partial charge is 0.411 e. The van der Waals surface area contributed by atoms with E-state index in [1.807, 2.05) is 0 Å². The van der Waals surface area contributed by atoms with Crippen LogP contribution in [-0.2, 0) is 23.8 Å². The van der Waals surface area contributed by atoms with E-state index in [1.54, 1.807) is 20.8 Å². The highest BCUT2D eigenvalue weighted by molar-refractivity contribution is 5.91. The van der Waals surface area contributed by atoms with Gasteiger partial charge in [0, 0.05) is 6.54 Å². The second kappa shape index (κ2) is 5.46. The molecular weight excluding hydrogens is 254 g/mol. The molecule has 7 nitrogen and oxygen atoms in total. The van der Waals surface area contributed by atoms with Gasteiger partial charge in [0.25, 0.3) is 0 Å². The Kier molecular flexibility index (Phi) is 4.39. The number of ether oxygens (including phenoxy) is 3. The minimum absolute atomic E-state index is 0.0847. The van der Waals surface area contributed by atoms with Crippen LogP contribution in [-0.4, -0.2) is 55.3 Å². The Morgan fingerprint density at radius 3 is 2.00 bits per heavy atom. The van der Waals surface area contributed by atoms with Crippen LogP contribution in [0.2, 0.25) is 0 Å². The molecule has 108 valence electrons. The number of esters is 2. The number of hydrogen-bond donors (Lipinski definition) is 0. The lowest BCUT2D eigenvalue weighted by molar-refractivity contribution is -0.169. The van der Waals surface area contributed by atoms with Gasteiger partial charge in [-0.15, -0.1) is 0 Å². The van der Waals surface area contributed by atoms with E-state index >= 15 is 0 Å². The molecule has 0 bridgehead atoms. The van der Waals surface area contributed by atoms with E-state index in [2.05, 4.69) is 9.47 Å². The van der Waals surface area contributed by atoms with Gasteiger partial charge in [-0.3, -0.25) is 9.69 Å². The molecule has 1 aliphatic rings. The van der Waals surface area contributed by atoms with Gasteiger partial charge in [0.15, 0.2) is 0 Å². The summed E-state index contributed by atoms with van der Waals surface area (Å²) in [6, 6.07) is -0.979. The quantitative estimate of drug-likeness (QED) is 0.540. The number of methoxy groups -OCH3 is 2. The third-order valence-corrected chi connectivity index (χ3v) is 2.68. The zero-order valence-corrected chi connectivity index (χ0v) is 11.8. The van der Waals surface area contributed by atoms with Gasteiger partial charge in [0.2, 0.25) is 0 Å². The molecule has 2 atom stereocenters. The Hall–Kier alpha value is -1.79. The van der Waals surface area contributed by atoms with Crippen molar-refractivity contribution >= 4 is 18.0 Å². The van der Waals surface area contributed by atoms with Gasteiger partial charge in [0.1, 0.15) is 17.6 Å². The molecule has 0 unspecified atom stereocenters. The summed E-state index contributed by atoms with van der Waals surface area (Å²) >= 11 is 0. The summed E-state index contributed by atoms with van der Waals surface area (Å²) in [5.41, 5.74) is -0.673. The van der Waals surface area contributed by atoms with E-state index in [1.165, 1.54) is 19.1 Å². The Balaban J connectivity index is 2.78. The van der Waals surface area contributed by atoms with Crippen LogP contribution < -0.4 is 0 Å². The Labute approximate surface area is 111 Å². The molecule has 0 aromatic carbocycles. The van der Waals surface area contributed by atoms with Crippen LogP contribution in [0.25, 0.3) is 0 Å². The van der Waals surface area contributed by atoms with Crippen molar-refractivity contribution in [2.75, 3.05) is 20.8 Å². The molecule has 1 heterocycles. The van der Waals surface area contributed by atoms with Crippen molar-refractivity contribution in [1.82, 2.24) is 4.90 Å². The highest BCUT2D eigenvalue weighted by Crippen LogP contribution is 2.29. The van der Waals surface area contributed by atoms with Gasteiger partial charge in [-0.1, -0.05) is 0 Å². The average Bonchev–Trinajstić information content (AvgIpc) is 2.24. The maximum absolute atomic E-state index is 11.9. The van der Waals surface area contributed by atoms with Crippen molar-refractivity contribution in [2.24, 2.45) is 5.92 Å². The summed E-state index contributed by atoms with van der Waals surface area (Å²) in [6.07, 6.45) is -0.650. The van der Waals surface area contributed by atoms with Crippen molar-refractivity contribution in [3.63, 3.8) is 0 Å². The number of nitrogens with zero attached hydrogens (tertiary/aromatic N) is 1. The van der Waals surface area contributed by atoms with Gasteiger partial charge < -0.3 is 14.2 Å². The predicted octanol–water partition coefficient (Wildman–Crippen LogP) is 0.568. The highest BCUT2D eigenvalue weighted by atomic mass is 16.6. The summed E-state index contributed by atoms with van der Waals surface area (Å²) < 4.78 is 14.3. The molecule has 0 N–H and O–H groups in total. The lowest BCUT2D eigenvalue weighted by Gasteiger charge is -2.44. The summed E-state index contributed by atoms with van der Waals surface area (Å²) in [6.45, 7) is 5.24. The minimum atomic E-state index is -0.979. The number of amides is 1. The predicted molar refractivity (Wildman–Crippen MR) is 64.3 cm³/mol. The topological polar surface area (TPSA) is 82.1 Å². The number of carbonyl (C=O) groups is 3. The van der Waals surface area contributed by atoms with Crippen LogP contribution in [0.5, 0.6) is 0 Å². The SMILES string of the molecule is COC(=O)[C@H]1CN(C(=O)OC(C)(C)C)[C@H]1C(=O)OC. The van der Waals surface area contributed by atoms with E-state index in [-0.39, 0.29) is 6.54 Å². The fourth-order valence-corrected chi connectivity index (χ4v) is 1.78. The van der Waals surface area contributed by atoms with Crippen LogP contribution in [0.3, 0.4) is 0 Å². The van der Waals surface area contributed by atoms with Gasteiger partial charge >= 0.3 is 18.0 Å². The molecule has 1 rings (SSSR count). The molecule has 1 amide bonds. The van der Waals surface area contributed by atoms with Gasteiger partial charge in [-0.25, -0.2) is 9.59 Å². The number of hydrogen-bond acceptors (Lipinski definition) is 6. The highest BCUT2D eigenvalue weighted by Gasteiger charge is 2.53. The summed E-state index contributed by atoms with van der Waals surface area (Å²) in [5.74, 6) is -1.91.